The molecule has 4 amide bonds. The number of rotatable bonds is 17. The molecule has 0 saturated heterocycles. The zero-order chi connectivity index (χ0) is 27.8. The molecule has 13 N–H and O–H groups in total. The average Bonchev–Trinajstić information content (AvgIpc) is 2.87. The SMILES string of the molecule is CC[C@H](N)C(=O)N[C@H](CCCNC(=N)N)C(=O)N[C@H](C(=O)N[C@@H](CCCCN)C(N)=O)c1ccccc1. The van der Waals surface area contributed by atoms with E-state index in [0.717, 1.165) is 0 Å². The molecule has 1 rings (SSSR count). The van der Waals surface area contributed by atoms with Crippen LogP contribution in [0.4, 0.5) is 0 Å². The number of unbranched alkanes of at least 4 members (excludes halogenated alkanes) is 1. The van der Waals surface area contributed by atoms with Crippen LogP contribution < -0.4 is 44.2 Å². The van der Waals surface area contributed by atoms with Crippen LogP contribution in [0.15, 0.2) is 30.3 Å². The third-order valence-corrected chi connectivity index (χ3v) is 5.68. The second-order valence-electron chi connectivity index (χ2n) is 8.66. The maximum absolute atomic E-state index is 13.3. The summed E-state index contributed by atoms with van der Waals surface area (Å²) in [5.41, 5.74) is 22.6. The van der Waals surface area contributed by atoms with Crippen molar-refractivity contribution >= 4 is 29.6 Å². The summed E-state index contributed by atoms with van der Waals surface area (Å²) in [4.78, 5) is 50.9. The Morgan fingerprint density at radius 2 is 1.49 bits per heavy atom. The summed E-state index contributed by atoms with van der Waals surface area (Å²) < 4.78 is 0. The fraction of sp³-hybridized carbons (Fsp3) is 0.542. The third kappa shape index (κ3) is 11.7. The minimum atomic E-state index is -1.15. The number of primary amides is 1. The van der Waals surface area contributed by atoms with Gasteiger partial charge in [0.15, 0.2) is 5.96 Å². The Bertz CT molecular complexity index is 897. The first kappa shape index (κ1) is 31.3. The number of carbonyl (C=O) groups is 4. The molecule has 0 saturated carbocycles. The second kappa shape index (κ2) is 16.9. The van der Waals surface area contributed by atoms with Crippen LogP contribution in [0.5, 0.6) is 0 Å². The predicted octanol–water partition coefficient (Wildman–Crippen LogP) is -1.57. The molecule has 0 aliphatic carbocycles. The van der Waals surface area contributed by atoms with Gasteiger partial charge in [-0.3, -0.25) is 24.6 Å². The van der Waals surface area contributed by atoms with E-state index in [1.807, 2.05) is 0 Å². The van der Waals surface area contributed by atoms with Crippen LogP contribution in [0.1, 0.15) is 57.1 Å². The van der Waals surface area contributed by atoms with E-state index < -0.39 is 47.8 Å². The smallest absolute Gasteiger partial charge is 0.247 e. The van der Waals surface area contributed by atoms with Gasteiger partial charge in [0.1, 0.15) is 18.1 Å². The standard InChI is InChI=1S/C24H41N9O4/c1-2-16(26)21(35)32-18(12-8-14-30-24(28)29)22(36)33-19(15-9-4-3-5-10-15)23(37)31-17(20(27)34)11-6-7-13-25/h3-5,9-10,16-19H,2,6-8,11-14,25-26H2,1H3,(H2,27,34)(H,31,37)(H,32,35)(H,33,36)(H4,28,29,30)/t16-,17-,18+,19-/m0/s1. The summed E-state index contributed by atoms with van der Waals surface area (Å²) >= 11 is 0. The van der Waals surface area contributed by atoms with Crippen molar-refractivity contribution in [2.75, 3.05) is 13.1 Å². The van der Waals surface area contributed by atoms with Gasteiger partial charge >= 0.3 is 0 Å². The molecule has 1 aromatic carbocycles. The third-order valence-electron chi connectivity index (χ3n) is 5.68. The van der Waals surface area contributed by atoms with Gasteiger partial charge < -0.3 is 44.2 Å². The molecule has 0 radical (unpaired) electrons. The molecule has 0 bridgehead atoms. The first-order valence-electron chi connectivity index (χ1n) is 12.4. The molecule has 0 unspecified atom stereocenters. The lowest BCUT2D eigenvalue weighted by molar-refractivity contribution is -0.133. The Labute approximate surface area is 217 Å². The number of benzene rings is 1. The van der Waals surface area contributed by atoms with Crippen molar-refractivity contribution in [3.63, 3.8) is 0 Å². The Morgan fingerprint density at radius 3 is 2.05 bits per heavy atom. The summed E-state index contributed by atoms with van der Waals surface area (Å²) in [6.45, 7) is 2.49. The lowest BCUT2D eigenvalue weighted by Crippen LogP contribution is -2.54. The largest absolute Gasteiger partial charge is 0.370 e. The average molecular weight is 520 g/mol. The van der Waals surface area contributed by atoms with Crippen LogP contribution in [0.3, 0.4) is 0 Å². The maximum atomic E-state index is 13.3. The fourth-order valence-electron chi connectivity index (χ4n) is 3.48. The van der Waals surface area contributed by atoms with Gasteiger partial charge in [0.25, 0.3) is 0 Å². The van der Waals surface area contributed by atoms with Crippen LogP contribution in [-0.4, -0.2) is 60.8 Å². The summed E-state index contributed by atoms with van der Waals surface area (Å²) in [6.07, 6.45) is 2.53. The van der Waals surface area contributed by atoms with Gasteiger partial charge in [-0.1, -0.05) is 37.3 Å². The second-order valence-corrected chi connectivity index (χ2v) is 8.66. The van der Waals surface area contributed by atoms with E-state index in [-0.39, 0.29) is 12.4 Å². The zero-order valence-corrected chi connectivity index (χ0v) is 21.3. The number of nitrogens with one attached hydrogen (secondary N) is 5. The van der Waals surface area contributed by atoms with Crippen molar-refractivity contribution in [1.29, 1.82) is 5.41 Å². The topological polar surface area (TPSA) is 244 Å². The van der Waals surface area contributed by atoms with Crippen molar-refractivity contribution in [1.82, 2.24) is 21.3 Å². The first-order chi connectivity index (χ1) is 17.6. The molecule has 0 aromatic heterocycles. The van der Waals surface area contributed by atoms with Crippen LogP contribution in [0.25, 0.3) is 0 Å². The number of hydrogen-bond acceptors (Lipinski definition) is 7. The molecule has 1 aromatic rings. The lowest BCUT2D eigenvalue weighted by Gasteiger charge is -2.25. The van der Waals surface area contributed by atoms with Gasteiger partial charge in [-0.05, 0) is 50.6 Å². The predicted molar refractivity (Wildman–Crippen MR) is 141 cm³/mol. The number of amides is 4. The summed E-state index contributed by atoms with van der Waals surface area (Å²) in [5.74, 6) is -2.64. The number of carbonyl (C=O) groups excluding carboxylic acids is 4. The molecular formula is C24H41N9O4. The van der Waals surface area contributed by atoms with Crippen LogP contribution in [0, 0.1) is 5.41 Å². The van der Waals surface area contributed by atoms with Crippen LogP contribution >= 0.6 is 0 Å². The lowest BCUT2D eigenvalue weighted by atomic mass is 10.0. The maximum Gasteiger partial charge on any atom is 0.247 e. The highest BCUT2D eigenvalue weighted by atomic mass is 16.2. The van der Waals surface area contributed by atoms with E-state index in [2.05, 4.69) is 21.3 Å². The Hall–Kier alpha value is -3.71. The molecule has 0 aliphatic heterocycles. The highest BCUT2D eigenvalue weighted by Gasteiger charge is 2.30. The molecule has 13 heteroatoms. The molecule has 0 fully saturated rings. The van der Waals surface area contributed by atoms with Crippen molar-refractivity contribution in [2.45, 2.75) is 69.6 Å². The van der Waals surface area contributed by atoms with Crippen LogP contribution in [-0.2, 0) is 19.2 Å². The highest BCUT2D eigenvalue weighted by Crippen LogP contribution is 2.15. The van der Waals surface area contributed by atoms with Crippen molar-refractivity contribution in [2.24, 2.45) is 22.9 Å². The van der Waals surface area contributed by atoms with E-state index in [0.29, 0.717) is 50.8 Å². The minimum Gasteiger partial charge on any atom is -0.370 e. The van der Waals surface area contributed by atoms with Gasteiger partial charge in [0.2, 0.25) is 23.6 Å². The van der Waals surface area contributed by atoms with Crippen molar-refractivity contribution < 1.29 is 19.2 Å². The fourth-order valence-corrected chi connectivity index (χ4v) is 3.48. The molecule has 0 spiro atoms. The van der Waals surface area contributed by atoms with Gasteiger partial charge in [-0.25, -0.2) is 0 Å². The monoisotopic (exact) mass is 519 g/mol. The van der Waals surface area contributed by atoms with E-state index in [9.17, 15) is 19.2 Å². The summed E-state index contributed by atoms with van der Waals surface area (Å²) in [5, 5.41) is 17.8. The van der Waals surface area contributed by atoms with Crippen molar-refractivity contribution in [3.05, 3.63) is 35.9 Å². The molecule has 37 heavy (non-hydrogen) atoms. The molecule has 206 valence electrons. The summed E-state index contributed by atoms with van der Waals surface area (Å²) in [6, 6.07) is 4.61. The highest BCUT2D eigenvalue weighted by molar-refractivity contribution is 5.95. The molecule has 0 aliphatic rings. The van der Waals surface area contributed by atoms with E-state index in [1.165, 1.54) is 0 Å². The first-order valence-corrected chi connectivity index (χ1v) is 12.4. The van der Waals surface area contributed by atoms with Gasteiger partial charge in [-0.2, -0.15) is 0 Å². The number of nitrogens with two attached hydrogens (primary N) is 4. The zero-order valence-electron chi connectivity index (χ0n) is 21.3. The normalized spacial score (nSPS) is 13.9. The quantitative estimate of drug-likeness (QED) is 0.0659. The Balaban J connectivity index is 3.10. The van der Waals surface area contributed by atoms with Crippen LogP contribution in [0.2, 0.25) is 0 Å². The van der Waals surface area contributed by atoms with Crippen molar-refractivity contribution in [3.8, 4) is 0 Å². The summed E-state index contributed by atoms with van der Waals surface area (Å²) in [7, 11) is 0. The van der Waals surface area contributed by atoms with E-state index in [4.69, 9.17) is 28.3 Å². The van der Waals surface area contributed by atoms with Gasteiger partial charge in [0, 0.05) is 6.54 Å². The molecule has 4 atom stereocenters. The van der Waals surface area contributed by atoms with E-state index >= 15 is 0 Å². The number of guanidine groups is 1. The molecule has 13 nitrogen and oxygen atoms in total. The molecular weight excluding hydrogens is 478 g/mol. The number of hydrogen-bond donors (Lipinski definition) is 9. The minimum absolute atomic E-state index is 0.195. The molecule has 0 heterocycles. The van der Waals surface area contributed by atoms with E-state index in [1.54, 1.807) is 37.3 Å². The van der Waals surface area contributed by atoms with Gasteiger partial charge in [-0.15, -0.1) is 0 Å². The van der Waals surface area contributed by atoms with Gasteiger partial charge in [0.05, 0.1) is 6.04 Å². The Kier molecular flexibility index (Phi) is 14.3. The Morgan fingerprint density at radius 1 is 0.865 bits per heavy atom.